The minimum atomic E-state index is -0.827. The van der Waals surface area contributed by atoms with E-state index in [1.54, 1.807) is 0 Å². The molecule has 5 heteroatoms. The Bertz CT molecular complexity index is 414. The monoisotopic (exact) mass is 264 g/mol. The largest absolute Gasteiger partial charge is 0.388 e. The van der Waals surface area contributed by atoms with E-state index in [0.29, 0.717) is 12.8 Å². The summed E-state index contributed by atoms with van der Waals surface area (Å²) in [7, 11) is 0. The van der Waals surface area contributed by atoms with Gasteiger partial charge in [0.25, 0.3) is 0 Å². The molecule has 0 aliphatic carbocycles. The van der Waals surface area contributed by atoms with Gasteiger partial charge in [0.1, 0.15) is 0 Å². The van der Waals surface area contributed by atoms with Crippen molar-refractivity contribution >= 4 is 5.91 Å². The van der Waals surface area contributed by atoms with Gasteiger partial charge in [0.2, 0.25) is 5.91 Å². The SMILES string of the molecule is NC(CCC(=O)N1CC(O)C(O)C1)c1ccccc1. The van der Waals surface area contributed by atoms with Gasteiger partial charge in [-0.25, -0.2) is 0 Å². The molecule has 4 N–H and O–H groups in total. The zero-order valence-corrected chi connectivity index (χ0v) is 10.8. The highest BCUT2D eigenvalue weighted by molar-refractivity contribution is 5.76. The number of benzene rings is 1. The molecule has 0 bridgehead atoms. The molecule has 0 spiro atoms. The third kappa shape index (κ3) is 3.53. The molecule has 3 atom stereocenters. The van der Waals surface area contributed by atoms with Crippen LogP contribution in [0.25, 0.3) is 0 Å². The summed E-state index contributed by atoms with van der Waals surface area (Å²) < 4.78 is 0. The maximum atomic E-state index is 11.9. The second-order valence-corrected chi connectivity index (χ2v) is 4.99. The van der Waals surface area contributed by atoms with Crippen LogP contribution in [-0.2, 0) is 4.79 Å². The number of aliphatic hydroxyl groups is 2. The number of hydrogen-bond acceptors (Lipinski definition) is 4. The number of hydrogen-bond donors (Lipinski definition) is 3. The van der Waals surface area contributed by atoms with Gasteiger partial charge in [0, 0.05) is 25.6 Å². The molecular weight excluding hydrogens is 244 g/mol. The molecule has 1 aliphatic heterocycles. The average Bonchev–Trinajstić information content (AvgIpc) is 2.77. The lowest BCUT2D eigenvalue weighted by molar-refractivity contribution is -0.130. The fourth-order valence-electron chi connectivity index (χ4n) is 2.28. The van der Waals surface area contributed by atoms with Gasteiger partial charge in [-0.3, -0.25) is 4.79 Å². The summed E-state index contributed by atoms with van der Waals surface area (Å²) in [4.78, 5) is 13.4. The van der Waals surface area contributed by atoms with Crippen LogP contribution in [0.1, 0.15) is 24.4 Å². The zero-order valence-electron chi connectivity index (χ0n) is 10.8. The van der Waals surface area contributed by atoms with E-state index in [1.165, 1.54) is 4.90 Å². The Hall–Kier alpha value is -1.43. The molecule has 19 heavy (non-hydrogen) atoms. The van der Waals surface area contributed by atoms with Crippen molar-refractivity contribution in [2.75, 3.05) is 13.1 Å². The van der Waals surface area contributed by atoms with Crippen molar-refractivity contribution in [2.24, 2.45) is 5.73 Å². The fourth-order valence-corrected chi connectivity index (χ4v) is 2.28. The number of likely N-dealkylation sites (tertiary alicyclic amines) is 1. The third-order valence-corrected chi connectivity index (χ3v) is 3.51. The van der Waals surface area contributed by atoms with Gasteiger partial charge in [-0.2, -0.15) is 0 Å². The fraction of sp³-hybridized carbons (Fsp3) is 0.500. The van der Waals surface area contributed by atoms with E-state index >= 15 is 0 Å². The van der Waals surface area contributed by atoms with Crippen LogP contribution in [0.5, 0.6) is 0 Å². The highest BCUT2D eigenvalue weighted by Gasteiger charge is 2.32. The molecule has 1 amide bonds. The van der Waals surface area contributed by atoms with Gasteiger partial charge in [0.15, 0.2) is 0 Å². The van der Waals surface area contributed by atoms with Crippen LogP contribution >= 0.6 is 0 Å². The van der Waals surface area contributed by atoms with Crippen molar-refractivity contribution in [1.82, 2.24) is 4.90 Å². The first-order valence-corrected chi connectivity index (χ1v) is 6.52. The Balaban J connectivity index is 1.81. The molecule has 0 aromatic heterocycles. The van der Waals surface area contributed by atoms with Gasteiger partial charge in [0.05, 0.1) is 12.2 Å². The quantitative estimate of drug-likeness (QED) is 0.716. The Morgan fingerprint density at radius 1 is 1.26 bits per heavy atom. The number of rotatable bonds is 4. The van der Waals surface area contributed by atoms with E-state index in [9.17, 15) is 15.0 Å². The van der Waals surface area contributed by atoms with E-state index in [4.69, 9.17) is 5.73 Å². The molecule has 3 unspecified atom stereocenters. The van der Waals surface area contributed by atoms with Crippen molar-refractivity contribution in [3.05, 3.63) is 35.9 Å². The molecule has 1 heterocycles. The maximum absolute atomic E-state index is 11.9. The molecule has 1 aliphatic rings. The lowest BCUT2D eigenvalue weighted by Crippen LogP contribution is -2.30. The molecule has 104 valence electrons. The predicted molar refractivity (Wildman–Crippen MR) is 71.2 cm³/mol. The number of β-amino-alcohol motifs (C(OH)–C–C–N with tert-alkyl or cyclic N) is 2. The Labute approximate surface area is 112 Å². The van der Waals surface area contributed by atoms with Crippen LogP contribution < -0.4 is 5.73 Å². The number of nitrogens with zero attached hydrogens (tertiary/aromatic N) is 1. The standard InChI is InChI=1S/C14H20N2O3/c15-11(10-4-2-1-3-5-10)6-7-14(19)16-8-12(17)13(18)9-16/h1-5,11-13,17-18H,6-9,15H2. The van der Waals surface area contributed by atoms with Gasteiger partial charge >= 0.3 is 0 Å². The van der Waals surface area contributed by atoms with Crippen LogP contribution in [0.2, 0.25) is 0 Å². The summed E-state index contributed by atoms with van der Waals surface area (Å²) in [5.41, 5.74) is 7.04. The minimum Gasteiger partial charge on any atom is -0.388 e. The Kier molecular flexibility index (Phi) is 4.52. The summed E-state index contributed by atoms with van der Waals surface area (Å²) in [5, 5.41) is 18.8. The smallest absolute Gasteiger partial charge is 0.222 e. The minimum absolute atomic E-state index is 0.0676. The number of amides is 1. The van der Waals surface area contributed by atoms with E-state index < -0.39 is 12.2 Å². The third-order valence-electron chi connectivity index (χ3n) is 3.51. The van der Waals surface area contributed by atoms with Crippen molar-refractivity contribution < 1.29 is 15.0 Å². The van der Waals surface area contributed by atoms with Gasteiger partial charge in [-0.1, -0.05) is 30.3 Å². The lowest BCUT2D eigenvalue weighted by Gasteiger charge is -2.17. The molecule has 5 nitrogen and oxygen atoms in total. The summed E-state index contributed by atoms with van der Waals surface area (Å²) in [6.07, 6.45) is -0.764. The van der Waals surface area contributed by atoms with Gasteiger partial charge in [-0.05, 0) is 12.0 Å². The first-order chi connectivity index (χ1) is 9.08. The second kappa shape index (κ2) is 6.14. The molecule has 0 radical (unpaired) electrons. The van der Waals surface area contributed by atoms with Gasteiger partial charge < -0.3 is 20.8 Å². The average molecular weight is 264 g/mol. The van der Waals surface area contributed by atoms with Crippen LogP contribution in [0.4, 0.5) is 0 Å². The predicted octanol–water partition coefficient (Wildman–Crippen LogP) is 0.0306. The lowest BCUT2D eigenvalue weighted by atomic mass is 10.0. The highest BCUT2D eigenvalue weighted by Crippen LogP contribution is 2.17. The van der Waals surface area contributed by atoms with Crippen molar-refractivity contribution in [3.63, 3.8) is 0 Å². The topological polar surface area (TPSA) is 86.8 Å². The summed E-state index contributed by atoms with van der Waals surface area (Å²) in [6.45, 7) is 0.418. The molecule has 0 saturated carbocycles. The molecule has 1 fully saturated rings. The summed E-state index contributed by atoms with van der Waals surface area (Å²) in [5.74, 6) is -0.0676. The van der Waals surface area contributed by atoms with Crippen LogP contribution in [0.15, 0.2) is 30.3 Å². The molecule has 1 aromatic rings. The van der Waals surface area contributed by atoms with Crippen molar-refractivity contribution in [2.45, 2.75) is 31.1 Å². The zero-order chi connectivity index (χ0) is 13.8. The number of aliphatic hydroxyl groups excluding tert-OH is 2. The van der Waals surface area contributed by atoms with Crippen LogP contribution in [0.3, 0.4) is 0 Å². The number of carbonyl (C=O) groups is 1. The number of nitrogens with two attached hydrogens (primary N) is 1. The molecule has 2 rings (SSSR count). The number of carbonyl (C=O) groups excluding carboxylic acids is 1. The van der Waals surface area contributed by atoms with Gasteiger partial charge in [-0.15, -0.1) is 0 Å². The summed E-state index contributed by atoms with van der Waals surface area (Å²) >= 11 is 0. The van der Waals surface area contributed by atoms with Crippen molar-refractivity contribution in [1.29, 1.82) is 0 Å². The van der Waals surface area contributed by atoms with E-state index in [2.05, 4.69) is 0 Å². The maximum Gasteiger partial charge on any atom is 0.222 e. The van der Waals surface area contributed by atoms with E-state index in [1.807, 2.05) is 30.3 Å². The molecular formula is C14H20N2O3. The Morgan fingerprint density at radius 3 is 2.42 bits per heavy atom. The second-order valence-electron chi connectivity index (χ2n) is 4.99. The summed E-state index contributed by atoms with van der Waals surface area (Å²) in [6, 6.07) is 9.49. The molecule has 1 saturated heterocycles. The highest BCUT2D eigenvalue weighted by atomic mass is 16.3. The van der Waals surface area contributed by atoms with E-state index in [-0.39, 0.29) is 25.0 Å². The van der Waals surface area contributed by atoms with Crippen LogP contribution in [0, 0.1) is 0 Å². The normalized spacial score (nSPS) is 24.5. The van der Waals surface area contributed by atoms with Crippen molar-refractivity contribution in [3.8, 4) is 0 Å². The Morgan fingerprint density at radius 2 is 1.84 bits per heavy atom. The van der Waals surface area contributed by atoms with E-state index in [0.717, 1.165) is 5.56 Å². The van der Waals surface area contributed by atoms with Crippen LogP contribution in [-0.4, -0.2) is 46.3 Å². The molecule has 1 aromatic carbocycles. The first-order valence-electron chi connectivity index (χ1n) is 6.52. The first kappa shape index (κ1) is 14.0.